The van der Waals surface area contributed by atoms with E-state index >= 15 is 0 Å². The Balaban J connectivity index is 2.46. The van der Waals surface area contributed by atoms with Gasteiger partial charge < -0.3 is 9.47 Å². The second-order valence-corrected chi connectivity index (χ2v) is 10.3. The van der Waals surface area contributed by atoms with Gasteiger partial charge in [-0.05, 0) is 22.5 Å². The van der Waals surface area contributed by atoms with Gasteiger partial charge in [0.25, 0.3) is 0 Å². The average Bonchev–Trinajstić information content (AvgIpc) is 2.47. The Kier molecular flexibility index (Phi) is 4.40. The van der Waals surface area contributed by atoms with Crippen LogP contribution in [0.1, 0.15) is 0 Å². The van der Waals surface area contributed by atoms with Gasteiger partial charge in [-0.2, -0.15) is 0 Å². The molecule has 0 aliphatic carbocycles. The second kappa shape index (κ2) is 5.86. The summed E-state index contributed by atoms with van der Waals surface area (Å²) >= 11 is 13.2. The molecule has 0 amide bonds. The zero-order chi connectivity index (χ0) is 13.9. The minimum absolute atomic E-state index is 0.633. The number of hydrogen-bond acceptors (Lipinski definition) is 2. The SMILES string of the molecule is COc1ccc([Si](Cl)(Cl)c2ccccc2)cc1OC. The van der Waals surface area contributed by atoms with E-state index in [1.165, 1.54) is 0 Å². The van der Waals surface area contributed by atoms with E-state index in [-0.39, 0.29) is 0 Å². The molecule has 0 heterocycles. The van der Waals surface area contributed by atoms with Crippen molar-refractivity contribution in [2.24, 2.45) is 0 Å². The van der Waals surface area contributed by atoms with Gasteiger partial charge >= 0.3 is 6.69 Å². The molecule has 0 radical (unpaired) electrons. The number of rotatable bonds is 4. The van der Waals surface area contributed by atoms with Crippen molar-refractivity contribution in [3.8, 4) is 11.5 Å². The van der Waals surface area contributed by atoms with Crippen molar-refractivity contribution < 1.29 is 9.47 Å². The summed E-state index contributed by atoms with van der Waals surface area (Å²) in [6.07, 6.45) is 0. The van der Waals surface area contributed by atoms with Crippen molar-refractivity contribution >= 4 is 39.2 Å². The Labute approximate surface area is 123 Å². The Bertz CT molecular complexity index is 559. The van der Waals surface area contributed by atoms with Gasteiger partial charge in [-0.15, -0.1) is 22.2 Å². The van der Waals surface area contributed by atoms with E-state index in [0.717, 1.165) is 10.4 Å². The maximum absolute atomic E-state index is 6.62. The zero-order valence-corrected chi connectivity index (χ0v) is 13.2. The van der Waals surface area contributed by atoms with Gasteiger partial charge in [0.2, 0.25) is 0 Å². The van der Waals surface area contributed by atoms with Crippen LogP contribution in [-0.4, -0.2) is 20.9 Å². The molecule has 0 fully saturated rings. The van der Waals surface area contributed by atoms with Gasteiger partial charge in [-0.1, -0.05) is 36.4 Å². The summed E-state index contributed by atoms with van der Waals surface area (Å²) in [5.74, 6) is 1.30. The second-order valence-electron chi connectivity index (χ2n) is 4.01. The standard InChI is InChI=1S/C14H14Cl2O2Si/c1-17-13-9-8-12(10-14(13)18-2)19(15,16)11-6-4-3-5-7-11/h3-10H,1-2H3. The van der Waals surface area contributed by atoms with Gasteiger partial charge in [0.1, 0.15) is 0 Å². The molecule has 0 N–H and O–H groups in total. The van der Waals surface area contributed by atoms with Gasteiger partial charge in [0.15, 0.2) is 11.5 Å². The minimum Gasteiger partial charge on any atom is -0.493 e. The molecule has 2 aromatic rings. The van der Waals surface area contributed by atoms with Crippen LogP contribution >= 0.6 is 22.2 Å². The quantitative estimate of drug-likeness (QED) is 0.638. The summed E-state index contributed by atoms with van der Waals surface area (Å²) in [5, 5.41) is 1.82. The third-order valence-electron chi connectivity index (χ3n) is 2.88. The average molecular weight is 313 g/mol. The van der Waals surface area contributed by atoms with Crippen LogP contribution < -0.4 is 19.8 Å². The Morgan fingerprint density at radius 2 is 1.42 bits per heavy atom. The molecule has 2 aromatic carbocycles. The molecule has 0 atom stereocenters. The van der Waals surface area contributed by atoms with Crippen molar-refractivity contribution in [2.45, 2.75) is 0 Å². The highest BCUT2D eigenvalue weighted by atomic mass is 35.7. The Morgan fingerprint density at radius 1 is 0.789 bits per heavy atom. The normalized spacial score (nSPS) is 11.2. The fourth-order valence-electron chi connectivity index (χ4n) is 1.85. The van der Waals surface area contributed by atoms with Crippen LogP contribution in [0.3, 0.4) is 0 Å². The van der Waals surface area contributed by atoms with Gasteiger partial charge in [0, 0.05) is 0 Å². The summed E-state index contributed by atoms with van der Waals surface area (Å²) in [5.41, 5.74) is 0. The molecular weight excluding hydrogens is 299 g/mol. The van der Waals surface area contributed by atoms with Crippen molar-refractivity contribution in [3.63, 3.8) is 0 Å². The van der Waals surface area contributed by atoms with Crippen molar-refractivity contribution in [1.29, 1.82) is 0 Å². The summed E-state index contributed by atoms with van der Waals surface area (Å²) < 4.78 is 10.5. The lowest BCUT2D eigenvalue weighted by Crippen LogP contribution is -2.48. The Hall–Kier alpha value is -1.16. The fraction of sp³-hybridized carbons (Fsp3) is 0.143. The van der Waals surface area contributed by atoms with Crippen LogP contribution in [-0.2, 0) is 0 Å². The molecule has 0 aliphatic heterocycles. The lowest BCUT2D eigenvalue weighted by Gasteiger charge is -2.19. The van der Waals surface area contributed by atoms with E-state index in [2.05, 4.69) is 0 Å². The van der Waals surface area contributed by atoms with Crippen molar-refractivity contribution in [3.05, 3.63) is 48.5 Å². The first-order chi connectivity index (χ1) is 9.09. The molecule has 5 heteroatoms. The highest BCUT2D eigenvalue weighted by Crippen LogP contribution is 2.27. The molecule has 2 rings (SSSR count). The summed E-state index contributed by atoms with van der Waals surface area (Å²) in [4.78, 5) is 0. The first-order valence-electron chi connectivity index (χ1n) is 5.75. The molecule has 2 nitrogen and oxygen atoms in total. The largest absolute Gasteiger partial charge is 0.493 e. The van der Waals surface area contributed by atoms with Gasteiger partial charge in [0.05, 0.1) is 14.2 Å². The van der Waals surface area contributed by atoms with E-state index < -0.39 is 6.69 Å². The lowest BCUT2D eigenvalue weighted by atomic mass is 10.3. The third-order valence-corrected chi connectivity index (χ3v) is 7.60. The zero-order valence-electron chi connectivity index (χ0n) is 10.7. The maximum Gasteiger partial charge on any atom is 0.310 e. The molecule has 0 spiro atoms. The highest BCUT2D eigenvalue weighted by Gasteiger charge is 2.34. The van der Waals surface area contributed by atoms with Crippen LogP contribution in [0.5, 0.6) is 11.5 Å². The highest BCUT2D eigenvalue weighted by molar-refractivity contribution is 7.56. The van der Waals surface area contributed by atoms with E-state index in [0.29, 0.717) is 11.5 Å². The molecule has 0 bridgehead atoms. The monoisotopic (exact) mass is 312 g/mol. The molecule has 0 unspecified atom stereocenters. The summed E-state index contributed by atoms with van der Waals surface area (Å²) in [7, 11) is 3.19. The fourth-order valence-corrected chi connectivity index (χ4v) is 4.86. The van der Waals surface area contributed by atoms with Crippen LogP contribution in [0.15, 0.2) is 48.5 Å². The molecule has 0 aromatic heterocycles. The van der Waals surface area contributed by atoms with E-state index in [4.69, 9.17) is 31.6 Å². The molecular formula is C14H14Cl2O2Si. The number of benzene rings is 2. The lowest BCUT2D eigenvalue weighted by molar-refractivity contribution is 0.355. The first-order valence-corrected chi connectivity index (χ1v) is 9.78. The number of halogens is 2. The number of methoxy groups -OCH3 is 2. The first kappa shape index (κ1) is 14.3. The van der Waals surface area contributed by atoms with E-state index in [1.54, 1.807) is 14.2 Å². The molecule has 0 saturated carbocycles. The molecule has 100 valence electrons. The number of ether oxygens (including phenoxy) is 2. The minimum atomic E-state index is -2.73. The summed E-state index contributed by atoms with van der Waals surface area (Å²) in [6, 6.07) is 15.3. The molecule has 0 aliphatic rings. The van der Waals surface area contributed by atoms with Crippen LogP contribution in [0, 0.1) is 0 Å². The van der Waals surface area contributed by atoms with Crippen LogP contribution in [0.25, 0.3) is 0 Å². The maximum atomic E-state index is 6.62. The predicted molar refractivity (Wildman–Crippen MR) is 82.7 cm³/mol. The topological polar surface area (TPSA) is 18.5 Å². The van der Waals surface area contributed by atoms with Gasteiger partial charge in [-0.3, -0.25) is 0 Å². The van der Waals surface area contributed by atoms with Crippen LogP contribution in [0.4, 0.5) is 0 Å². The Morgan fingerprint density at radius 3 is 2.00 bits per heavy atom. The van der Waals surface area contributed by atoms with E-state index in [9.17, 15) is 0 Å². The van der Waals surface area contributed by atoms with Crippen LogP contribution in [0.2, 0.25) is 0 Å². The third kappa shape index (κ3) is 2.89. The van der Waals surface area contributed by atoms with E-state index in [1.807, 2.05) is 48.5 Å². The van der Waals surface area contributed by atoms with Crippen molar-refractivity contribution in [1.82, 2.24) is 0 Å². The number of hydrogen-bond donors (Lipinski definition) is 0. The predicted octanol–water partition coefficient (Wildman–Crippen LogP) is 2.74. The van der Waals surface area contributed by atoms with Crippen molar-refractivity contribution in [2.75, 3.05) is 14.2 Å². The molecule has 19 heavy (non-hydrogen) atoms. The van der Waals surface area contributed by atoms with Gasteiger partial charge in [-0.25, -0.2) is 0 Å². The smallest absolute Gasteiger partial charge is 0.310 e. The molecule has 0 saturated heterocycles. The summed E-state index contributed by atoms with van der Waals surface area (Å²) in [6.45, 7) is -2.73.